The van der Waals surface area contributed by atoms with Gasteiger partial charge in [0.25, 0.3) is 0 Å². The van der Waals surface area contributed by atoms with E-state index in [0.717, 1.165) is 12.8 Å². The van der Waals surface area contributed by atoms with Crippen LogP contribution in [-0.2, 0) is 14.4 Å². The number of urea groups is 1. The van der Waals surface area contributed by atoms with Crippen LogP contribution in [0.5, 0.6) is 0 Å². The molecule has 1 aliphatic heterocycles. The molecule has 3 atom stereocenters. The van der Waals surface area contributed by atoms with Crippen LogP contribution >= 0.6 is 0 Å². The van der Waals surface area contributed by atoms with Crippen molar-refractivity contribution in [1.82, 2.24) is 26.6 Å². The van der Waals surface area contributed by atoms with Gasteiger partial charge in [-0.3, -0.25) is 14.4 Å². The van der Waals surface area contributed by atoms with Crippen LogP contribution < -0.4 is 26.6 Å². The number of hydrogen-bond acceptors (Lipinski definition) is 4. The molecule has 5 N–H and O–H groups in total. The molecule has 0 unspecified atom stereocenters. The lowest BCUT2D eigenvalue weighted by molar-refractivity contribution is -0.129. The fraction of sp³-hybridized carbons (Fsp3) is 0.724. The quantitative estimate of drug-likeness (QED) is 0.172. The Labute approximate surface area is 229 Å². The van der Waals surface area contributed by atoms with Crippen molar-refractivity contribution < 1.29 is 19.2 Å². The zero-order valence-corrected chi connectivity index (χ0v) is 24.1. The maximum absolute atomic E-state index is 13.2. The highest BCUT2D eigenvalue weighted by Crippen LogP contribution is 2.09. The third-order valence-electron chi connectivity index (χ3n) is 6.55. The Balaban J connectivity index is 2.66. The highest BCUT2D eigenvalue weighted by molar-refractivity contribution is 5.93. The second-order valence-electron chi connectivity index (χ2n) is 10.7. The molecule has 0 bridgehead atoms. The van der Waals surface area contributed by atoms with E-state index >= 15 is 0 Å². The molecule has 9 heteroatoms. The average molecular weight is 534 g/mol. The lowest BCUT2D eigenvalue weighted by atomic mass is 10.0. The number of carbonyl (C=O) groups excluding carboxylic acids is 4. The van der Waals surface area contributed by atoms with Gasteiger partial charge in [0.05, 0.1) is 0 Å². The van der Waals surface area contributed by atoms with Gasteiger partial charge in [0.15, 0.2) is 0 Å². The molecule has 0 aromatic rings. The van der Waals surface area contributed by atoms with Crippen LogP contribution in [0.3, 0.4) is 0 Å². The molecule has 1 rings (SSSR count). The highest BCUT2D eigenvalue weighted by atomic mass is 16.2. The minimum absolute atomic E-state index is 0.0427. The molecule has 0 spiro atoms. The van der Waals surface area contributed by atoms with Crippen LogP contribution in [-0.4, -0.2) is 55.0 Å². The van der Waals surface area contributed by atoms with E-state index in [0.29, 0.717) is 19.5 Å². The van der Waals surface area contributed by atoms with Crippen molar-refractivity contribution in [2.45, 2.75) is 111 Å². The summed E-state index contributed by atoms with van der Waals surface area (Å²) in [4.78, 5) is 50.6. The van der Waals surface area contributed by atoms with E-state index in [1.54, 1.807) is 18.2 Å². The van der Waals surface area contributed by atoms with Crippen molar-refractivity contribution in [3.63, 3.8) is 0 Å². The Kier molecular flexibility index (Phi) is 16.8. The smallest absolute Gasteiger partial charge is 0.315 e. The topological polar surface area (TPSA) is 128 Å². The van der Waals surface area contributed by atoms with Crippen molar-refractivity contribution in [2.24, 2.45) is 11.8 Å². The van der Waals surface area contributed by atoms with Crippen molar-refractivity contribution >= 4 is 23.8 Å². The van der Waals surface area contributed by atoms with Gasteiger partial charge < -0.3 is 26.6 Å². The van der Waals surface area contributed by atoms with Crippen LogP contribution in [0.2, 0.25) is 0 Å². The van der Waals surface area contributed by atoms with E-state index < -0.39 is 18.0 Å². The summed E-state index contributed by atoms with van der Waals surface area (Å²) >= 11 is 0. The van der Waals surface area contributed by atoms with Gasteiger partial charge >= 0.3 is 6.03 Å². The van der Waals surface area contributed by atoms with Gasteiger partial charge in [-0.25, -0.2) is 4.79 Å². The minimum atomic E-state index is -0.907. The predicted octanol–water partition coefficient (Wildman–Crippen LogP) is 3.71. The summed E-state index contributed by atoms with van der Waals surface area (Å²) in [6, 6.07) is -2.46. The minimum Gasteiger partial charge on any atom is -0.352 e. The number of amides is 5. The summed E-state index contributed by atoms with van der Waals surface area (Å²) in [5.41, 5.74) is 0. The monoisotopic (exact) mass is 533 g/mol. The molecule has 0 fully saturated rings. The molecule has 216 valence electrons. The molecule has 9 nitrogen and oxygen atoms in total. The Morgan fingerprint density at radius 1 is 0.974 bits per heavy atom. The summed E-state index contributed by atoms with van der Waals surface area (Å²) < 4.78 is 0. The second kappa shape index (κ2) is 19.3. The van der Waals surface area contributed by atoms with Gasteiger partial charge in [0, 0.05) is 25.2 Å². The number of nitrogens with one attached hydrogen (secondary N) is 5. The Bertz CT molecular complexity index is 794. The molecule has 0 aromatic carbocycles. The third kappa shape index (κ3) is 14.2. The number of carbonyl (C=O) groups is 4. The van der Waals surface area contributed by atoms with E-state index in [9.17, 15) is 19.2 Å². The van der Waals surface area contributed by atoms with Crippen LogP contribution in [0.4, 0.5) is 4.79 Å². The van der Waals surface area contributed by atoms with Crippen LogP contribution in [0.25, 0.3) is 0 Å². The van der Waals surface area contributed by atoms with Crippen LogP contribution in [0.15, 0.2) is 24.3 Å². The SMILES string of the molecule is CCCCCCCCCCNC(=O)N[C@H](C(=O)N[C@H]1/C=C/CCNC(=O)/C=C/[C@H](C(C)C)NC1=O)C(C)C. The molecular formula is C29H51N5O4. The van der Waals surface area contributed by atoms with Crippen molar-refractivity contribution in [3.8, 4) is 0 Å². The molecule has 0 saturated heterocycles. The first kappa shape index (κ1) is 33.2. The summed E-state index contributed by atoms with van der Waals surface area (Å²) in [5, 5.41) is 14.1. The van der Waals surface area contributed by atoms with Gasteiger partial charge in [0.2, 0.25) is 17.7 Å². The third-order valence-corrected chi connectivity index (χ3v) is 6.55. The zero-order chi connectivity index (χ0) is 28.3. The normalized spacial score (nSPS) is 20.9. The van der Waals surface area contributed by atoms with Gasteiger partial charge in [-0.05, 0) is 24.7 Å². The average Bonchev–Trinajstić information content (AvgIpc) is 2.86. The van der Waals surface area contributed by atoms with E-state index in [4.69, 9.17) is 0 Å². The Hall–Kier alpha value is -2.84. The lowest BCUT2D eigenvalue weighted by Gasteiger charge is -2.26. The van der Waals surface area contributed by atoms with Gasteiger partial charge in [-0.15, -0.1) is 0 Å². The molecular weight excluding hydrogens is 482 g/mol. The van der Waals surface area contributed by atoms with E-state index in [2.05, 4.69) is 33.5 Å². The van der Waals surface area contributed by atoms with Gasteiger partial charge in [-0.2, -0.15) is 0 Å². The summed E-state index contributed by atoms with van der Waals surface area (Å²) in [6.07, 6.45) is 16.5. The molecule has 38 heavy (non-hydrogen) atoms. The predicted molar refractivity (Wildman–Crippen MR) is 152 cm³/mol. The van der Waals surface area contributed by atoms with Crippen LogP contribution in [0.1, 0.15) is 92.4 Å². The first-order valence-corrected chi connectivity index (χ1v) is 14.4. The number of hydrogen-bond donors (Lipinski definition) is 5. The first-order chi connectivity index (χ1) is 18.1. The van der Waals surface area contributed by atoms with Gasteiger partial charge in [0.1, 0.15) is 12.1 Å². The molecule has 0 radical (unpaired) electrons. The second-order valence-corrected chi connectivity index (χ2v) is 10.7. The van der Waals surface area contributed by atoms with E-state index in [-0.39, 0.29) is 35.7 Å². The maximum Gasteiger partial charge on any atom is 0.315 e. The zero-order valence-electron chi connectivity index (χ0n) is 24.1. The fourth-order valence-corrected chi connectivity index (χ4v) is 4.08. The first-order valence-electron chi connectivity index (χ1n) is 14.4. The molecule has 1 heterocycles. The number of rotatable bonds is 14. The lowest BCUT2D eigenvalue weighted by Crippen LogP contribution is -2.57. The summed E-state index contributed by atoms with van der Waals surface area (Å²) in [7, 11) is 0. The maximum atomic E-state index is 13.2. The Morgan fingerprint density at radius 2 is 1.63 bits per heavy atom. The summed E-state index contributed by atoms with van der Waals surface area (Å²) in [5.74, 6) is -1.15. The van der Waals surface area contributed by atoms with Crippen molar-refractivity contribution in [1.29, 1.82) is 0 Å². The summed E-state index contributed by atoms with van der Waals surface area (Å²) in [6.45, 7) is 10.8. The molecule has 0 aromatic heterocycles. The largest absolute Gasteiger partial charge is 0.352 e. The standard InChI is InChI=1S/C29H51N5O4/c1-6-7-8-9-10-11-12-14-20-31-29(38)34-26(22(4)5)28(37)33-24-16-13-15-19-30-25(35)18-17-23(21(2)3)32-27(24)36/h13,16-18,21-24,26H,6-12,14-15,19-20H2,1-5H3,(H,30,35)(H,32,36)(H,33,37)(H2,31,34,38)/b16-13+,18-17+/t23-,24+,26+/m1/s1. The Morgan fingerprint density at radius 3 is 2.26 bits per heavy atom. The molecule has 0 saturated carbocycles. The van der Waals surface area contributed by atoms with E-state index in [1.165, 1.54) is 44.6 Å². The van der Waals surface area contributed by atoms with Crippen LogP contribution in [0, 0.1) is 11.8 Å². The molecule has 1 aliphatic rings. The fourth-order valence-electron chi connectivity index (χ4n) is 4.08. The highest BCUT2D eigenvalue weighted by Gasteiger charge is 2.28. The van der Waals surface area contributed by atoms with E-state index in [1.807, 2.05) is 27.7 Å². The van der Waals surface area contributed by atoms with Crippen molar-refractivity contribution in [2.75, 3.05) is 13.1 Å². The molecule has 0 aliphatic carbocycles. The van der Waals surface area contributed by atoms with Crippen molar-refractivity contribution in [3.05, 3.63) is 24.3 Å². The number of unbranched alkanes of at least 4 members (excludes halogenated alkanes) is 7. The van der Waals surface area contributed by atoms with Gasteiger partial charge in [-0.1, -0.05) is 97.8 Å². The molecule has 5 amide bonds.